The third-order valence-corrected chi connectivity index (χ3v) is 6.20. The highest BCUT2D eigenvalue weighted by atomic mass is 19.1. The number of anilines is 1. The number of pyridine rings is 1. The van der Waals surface area contributed by atoms with Crippen molar-refractivity contribution in [3.05, 3.63) is 77.2 Å². The smallest absolute Gasteiger partial charge is 0.207 e. The zero-order chi connectivity index (χ0) is 25.8. The van der Waals surface area contributed by atoms with Gasteiger partial charge in [0.25, 0.3) is 0 Å². The van der Waals surface area contributed by atoms with Crippen molar-refractivity contribution in [3.8, 4) is 11.5 Å². The van der Waals surface area contributed by atoms with Crippen molar-refractivity contribution in [2.75, 3.05) is 18.9 Å². The molecule has 2 heterocycles. The van der Waals surface area contributed by atoms with Gasteiger partial charge in [0.2, 0.25) is 11.3 Å². The lowest BCUT2D eigenvalue weighted by molar-refractivity contribution is -0.697. The van der Waals surface area contributed by atoms with E-state index >= 15 is 0 Å². The largest absolute Gasteiger partial charge is 0.486 e. The number of nitrogens with zero attached hydrogens (tertiary/aromatic N) is 2. The van der Waals surface area contributed by atoms with Gasteiger partial charge in [0, 0.05) is 24.7 Å². The van der Waals surface area contributed by atoms with Gasteiger partial charge in [-0.3, -0.25) is 4.79 Å². The van der Waals surface area contributed by atoms with Crippen molar-refractivity contribution < 1.29 is 27.6 Å². The maximum Gasteiger partial charge on any atom is 0.207 e. The van der Waals surface area contributed by atoms with Crippen LogP contribution < -0.4 is 19.8 Å². The number of carbonyl (C=O) groups excluding carboxylic acids is 1. The second-order valence-electron chi connectivity index (χ2n) is 8.93. The van der Waals surface area contributed by atoms with Crippen LogP contribution in [0.3, 0.4) is 0 Å². The van der Waals surface area contributed by atoms with E-state index in [0.29, 0.717) is 71.5 Å². The highest BCUT2D eigenvalue weighted by Gasteiger charge is 2.27. The molecule has 7 nitrogen and oxygen atoms in total. The van der Waals surface area contributed by atoms with Crippen molar-refractivity contribution in [1.29, 1.82) is 0 Å². The Morgan fingerprint density at radius 2 is 1.75 bits per heavy atom. The van der Waals surface area contributed by atoms with Gasteiger partial charge in [-0.2, -0.15) is 0 Å². The number of hydrogen-bond donors (Lipinski definition) is 1. The number of rotatable bonds is 10. The number of nitrogens with two attached hydrogens (primary N) is 1. The molecule has 0 aliphatic rings. The Balaban J connectivity index is 1.61. The minimum Gasteiger partial charge on any atom is -0.486 e. The van der Waals surface area contributed by atoms with E-state index in [1.807, 2.05) is 36.0 Å². The predicted octanol–water partition coefficient (Wildman–Crippen LogP) is 5.31. The number of ketones is 1. The van der Waals surface area contributed by atoms with Crippen molar-refractivity contribution in [2.45, 2.75) is 46.6 Å². The Morgan fingerprint density at radius 3 is 2.42 bits per heavy atom. The molecule has 1 atom stereocenters. The SMILES string of the molecule is CC(=O)c1c(OCC[n+]2ccc(N)cc2)c(OCCC(C)c2ccc(F)cc2)c2oc(C)nc2c1C. The van der Waals surface area contributed by atoms with Gasteiger partial charge in [-0.15, -0.1) is 0 Å². The summed E-state index contributed by atoms with van der Waals surface area (Å²) in [5.74, 6) is 0.933. The van der Waals surface area contributed by atoms with Crippen LogP contribution >= 0.6 is 0 Å². The van der Waals surface area contributed by atoms with Gasteiger partial charge in [0.15, 0.2) is 36.4 Å². The first kappa shape index (κ1) is 25.2. The first-order chi connectivity index (χ1) is 17.2. The van der Waals surface area contributed by atoms with Crippen LogP contribution in [0.1, 0.15) is 53.6 Å². The van der Waals surface area contributed by atoms with Crippen LogP contribution in [0.2, 0.25) is 0 Å². The van der Waals surface area contributed by atoms with Gasteiger partial charge in [0.05, 0.1) is 12.2 Å². The van der Waals surface area contributed by atoms with Crippen LogP contribution in [0.25, 0.3) is 11.1 Å². The summed E-state index contributed by atoms with van der Waals surface area (Å²) in [7, 11) is 0. The fourth-order valence-electron chi connectivity index (χ4n) is 4.20. The Morgan fingerprint density at radius 1 is 1.08 bits per heavy atom. The average molecular weight is 493 g/mol. The summed E-state index contributed by atoms with van der Waals surface area (Å²) < 4.78 is 33.6. The summed E-state index contributed by atoms with van der Waals surface area (Å²) >= 11 is 0. The van der Waals surface area contributed by atoms with Crippen LogP contribution in [0.4, 0.5) is 10.1 Å². The molecule has 0 saturated carbocycles. The molecular weight excluding hydrogens is 461 g/mol. The van der Waals surface area contributed by atoms with E-state index < -0.39 is 0 Å². The zero-order valence-corrected chi connectivity index (χ0v) is 21.0. The summed E-state index contributed by atoms with van der Waals surface area (Å²) in [4.78, 5) is 17.2. The third kappa shape index (κ3) is 5.48. The first-order valence-electron chi connectivity index (χ1n) is 11.9. The fourth-order valence-corrected chi connectivity index (χ4v) is 4.20. The standard InChI is InChI=1S/C28H30FN3O4/c1-17(21-5-7-22(29)8-6-21)11-15-34-28-26(35-16-14-32-12-9-23(30)10-13-32)24(19(3)33)18(2)25-27(28)36-20(4)31-25/h5-10,12-13,17,30H,11,14-16H2,1-4H3/p+1. The van der Waals surface area contributed by atoms with E-state index in [0.717, 1.165) is 5.56 Å². The van der Waals surface area contributed by atoms with Crippen LogP contribution in [0.15, 0.2) is 53.2 Å². The molecule has 0 radical (unpaired) electrons. The molecule has 0 saturated heterocycles. The zero-order valence-electron chi connectivity index (χ0n) is 21.0. The van der Waals surface area contributed by atoms with Crippen molar-refractivity contribution in [3.63, 3.8) is 0 Å². The maximum atomic E-state index is 13.3. The lowest BCUT2D eigenvalue weighted by Crippen LogP contribution is -2.35. The maximum absolute atomic E-state index is 13.3. The summed E-state index contributed by atoms with van der Waals surface area (Å²) in [5, 5.41) is 0. The Labute approximate surface area is 209 Å². The molecule has 0 amide bonds. The molecule has 2 aromatic carbocycles. The molecule has 0 aliphatic heterocycles. The Hall–Kier alpha value is -3.94. The lowest BCUT2D eigenvalue weighted by Gasteiger charge is -2.18. The topological polar surface area (TPSA) is 91.5 Å². The molecule has 1 unspecified atom stereocenters. The average Bonchev–Trinajstić information content (AvgIpc) is 3.24. The molecule has 0 aliphatic carbocycles. The Kier molecular flexibility index (Phi) is 7.52. The fraction of sp³-hybridized carbons (Fsp3) is 0.321. The number of halogens is 1. The van der Waals surface area contributed by atoms with Crippen LogP contribution in [0, 0.1) is 19.7 Å². The number of benzene rings is 2. The van der Waals surface area contributed by atoms with Crippen molar-refractivity contribution in [2.24, 2.45) is 0 Å². The summed E-state index contributed by atoms with van der Waals surface area (Å²) in [5.41, 5.74) is 9.63. The van der Waals surface area contributed by atoms with Gasteiger partial charge < -0.3 is 19.6 Å². The second kappa shape index (κ2) is 10.8. The normalized spacial score (nSPS) is 12.0. The Bertz CT molecular complexity index is 1360. The van der Waals surface area contributed by atoms with Gasteiger partial charge in [-0.25, -0.2) is 13.9 Å². The molecular formula is C28H31FN3O4+. The number of Topliss-reactive ketones (excluding diaryl/α,β-unsaturated/α-hetero) is 1. The van der Waals surface area contributed by atoms with Crippen LogP contribution in [-0.4, -0.2) is 24.0 Å². The van der Waals surface area contributed by atoms with Crippen LogP contribution in [0.5, 0.6) is 11.5 Å². The van der Waals surface area contributed by atoms with Crippen LogP contribution in [-0.2, 0) is 6.54 Å². The first-order valence-corrected chi connectivity index (χ1v) is 11.9. The molecule has 0 fully saturated rings. The van der Waals surface area contributed by atoms with E-state index in [2.05, 4.69) is 11.9 Å². The van der Waals surface area contributed by atoms with Gasteiger partial charge in [-0.1, -0.05) is 19.1 Å². The third-order valence-electron chi connectivity index (χ3n) is 6.20. The molecule has 8 heteroatoms. The summed E-state index contributed by atoms with van der Waals surface area (Å²) in [6, 6.07) is 10.1. The van der Waals surface area contributed by atoms with Crippen molar-refractivity contribution in [1.82, 2.24) is 4.98 Å². The number of oxazole rings is 1. The molecule has 4 aromatic rings. The van der Waals surface area contributed by atoms with E-state index in [-0.39, 0.29) is 17.5 Å². The quantitative estimate of drug-likeness (QED) is 0.238. The molecule has 2 N–H and O–H groups in total. The summed E-state index contributed by atoms with van der Waals surface area (Å²) in [6.45, 7) is 8.34. The number of hydrogen-bond acceptors (Lipinski definition) is 6. The molecule has 0 bridgehead atoms. The number of fused-ring (bicyclic) bond motifs is 1. The predicted molar refractivity (Wildman–Crippen MR) is 135 cm³/mol. The van der Waals surface area contributed by atoms with E-state index in [1.165, 1.54) is 19.1 Å². The second-order valence-corrected chi connectivity index (χ2v) is 8.93. The number of carbonyl (C=O) groups is 1. The molecule has 2 aromatic heterocycles. The molecule has 4 rings (SSSR count). The van der Waals surface area contributed by atoms with E-state index in [1.54, 1.807) is 19.1 Å². The number of aryl methyl sites for hydroxylation is 2. The number of aromatic nitrogens is 2. The van der Waals surface area contributed by atoms with E-state index in [4.69, 9.17) is 19.6 Å². The molecule has 0 spiro atoms. The summed E-state index contributed by atoms with van der Waals surface area (Å²) in [6.07, 6.45) is 4.41. The van der Waals surface area contributed by atoms with Gasteiger partial charge in [0.1, 0.15) is 17.9 Å². The van der Waals surface area contributed by atoms with Gasteiger partial charge in [-0.05, 0) is 49.4 Å². The number of nitrogen functional groups attached to an aromatic ring is 1. The monoisotopic (exact) mass is 492 g/mol. The lowest BCUT2D eigenvalue weighted by atomic mass is 9.98. The van der Waals surface area contributed by atoms with E-state index in [9.17, 15) is 9.18 Å². The van der Waals surface area contributed by atoms with Gasteiger partial charge >= 0.3 is 0 Å². The number of ether oxygens (including phenoxy) is 2. The molecule has 36 heavy (non-hydrogen) atoms. The highest BCUT2D eigenvalue weighted by Crippen LogP contribution is 2.42. The minimum atomic E-state index is -0.263. The highest BCUT2D eigenvalue weighted by molar-refractivity contribution is 6.05. The minimum absolute atomic E-state index is 0.140. The molecule has 188 valence electrons. The van der Waals surface area contributed by atoms with Crippen molar-refractivity contribution >= 4 is 22.6 Å².